The lowest BCUT2D eigenvalue weighted by Gasteiger charge is -2.44. The molecule has 3 nitrogen and oxygen atoms in total. The number of hydrogen-bond acceptors (Lipinski definition) is 3. The van der Waals surface area contributed by atoms with Crippen molar-refractivity contribution in [3.63, 3.8) is 0 Å². The minimum atomic E-state index is -1.16. The first kappa shape index (κ1) is 17.1. The SMILES string of the molecule is Cc1ccc(C)c([C@@H]2Nc3c(C(=O)[O-])cc(Cl)cc3[C@H]3[C@H]4CC[C@@H](C4)[C@@H]32)c1. The van der Waals surface area contributed by atoms with Crippen LogP contribution in [0.2, 0.25) is 5.02 Å². The fourth-order valence-corrected chi connectivity index (χ4v) is 6.35. The molecule has 1 N–H and O–H groups in total. The van der Waals surface area contributed by atoms with Crippen molar-refractivity contribution in [3.05, 3.63) is 63.2 Å². The smallest absolute Gasteiger partial charge is 0.0736 e. The number of nitrogens with one attached hydrogen (secondary N) is 1. The van der Waals surface area contributed by atoms with Gasteiger partial charge in [0.2, 0.25) is 0 Å². The Morgan fingerprint density at radius 1 is 1.11 bits per heavy atom. The van der Waals surface area contributed by atoms with Gasteiger partial charge in [0.05, 0.1) is 12.0 Å². The van der Waals surface area contributed by atoms with E-state index in [-0.39, 0.29) is 11.6 Å². The highest BCUT2D eigenvalue weighted by Gasteiger charge is 2.54. The van der Waals surface area contributed by atoms with Gasteiger partial charge in [-0.1, -0.05) is 35.4 Å². The number of carbonyl (C=O) groups excluding carboxylic acids is 1. The van der Waals surface area contributed by atoms with Gasteiger partial charge >= 0.3 is 0 Å². The van der Waals surface area contributed by atoms with E-state index in [0.717, 1.165) is 11.3 Å². The molecular weight excluding hydrogens is 358 g/mol. The molecule has 2 bridgehead atoms. The first-order chi connectivity index (χ1) is 12.9. The number of rotatable bonds is 2. The van der Waals surface area contributed by atoms with Crippen LogP contribution in [0, 0.1) is 31.6 Å². The maximum Gasteiger partial charge on any atom is 0.0736 e. The average molecular weight is 381 g/mol. The molecule has 2 aromatic carbocycles. The van der Waals surface area contributed by atoms with E-state index in [9.17, 15) is 9.90 Å². The van der Waals surface area contributed by atoms with E-state index in [4.69, 9.17) is 11.6 Å². The van der Waals surface area contributed by atoms with E-state index in [1.54, 1.807) is 0 Å². The van der Waals surface area contributed by atoms with Crippen LogP contribution in [0.25, 0.3) is 0 Å². The van der Waals surface area contributed by atoms with Crippen LogP contribution in [0.1, 0.15) is 63.8 Å². The van der Waals surface area contributed by atoms with Gasteiger partial charge in [-0.25, -0.2) is 0 Å². The van der Waals surface area contributed by atoms with Crippen molar-refractivity contribution in [2.75, 3.05) is 5.32 Å². The van der Waals surface area contributed by atoms with Gasteiger partial charge < -0.3 is 15.2 Å². The van der Waals surface area contributed by atoms with Crippen LogP contribution in [0.15, 0.2) is 30.3 Å². The zero-order chi connectivity index (χ0) is 18.9. The number of anilines is 1. The Balaban J connectivity index is 1.72. The maximum atomic E-state index is 11.8. The summed E-state index contributed by atoms with van der Waals surface area (Å²) in [6.45, 7) is 4.26. The van der Waals surface area contributed by atoms with Crippen LogP contribution >= 0.6 is 11.6 Å². The number of carboxylic acids is 1. The lowest BCUT2D eigenvalue weighted by atomic mass is 9.67. The number of halogens is 1. The fraction of sp³-hybridized carbons (Fsp3) is 0.435. The van der Waals surface area contributed by atoms with Crippen molar-refractivity contribution in [2.24, 2.45) is 17.8 Å². The third-order valence-electron chi connectivity index (χ3n) is 7.15. The number of hydrogen-bond donors (Lipinski definition) is 1. The molecule has 1 heterocycles. The van der Waals surface area contributed by atoms with Gasteiger partial charge in [-0.3, -0.25) is 0 Å². The van der Waals surface area contributed by atoms with E-state index < -0.39 is 5.97 Å². The normalized spacial score (nSPS) is 30.6. The monoisotopic (exact) mass is 380 g/mol. The second kappa shape index (κ2) is 6.00. The highest BCUT2D eigenvalue weighted by atomic mass is 35.5. The Labute approximate surface area is 164 Å². The highest BCUT2D eigenvalue weighted by Crippen LogP contribution is 2.64. The maximum absolute atomic E-state index is 11.8. The largest absolute Gasteiger partial charge is 0.545 e. The quantitative estimate of drug-likeness (QED) is 0.827. The molecule has 4 heteroatoms. The van der Waals surface area contributed by atoms with Crippen LogP contribution in [0.5, 0.6) is 0 Å². The second-order valence-corrected chi connectivity index (χ2v) is 9.06. The molecule has 2 fully saturated rings. The molecule has 5 rings (SSSR count). The molecule has 27 heavy (non-hydrogen) atoms. The summed E-state index contributed by atoms with van der Waals surface area (Å²) in [6.07, 6.45) is 3.75. The summed E-state index contributed by atoms with van der Waals surface area (Å²) >= 11 is 6.30. The average Bonchev–Trinajstić information content (AvgIpc) is 3.25. The molecule has 2 saturated carbocycles. The number of carboxylic acid groups (broad SMARTS) is 1. The van der Waals surface area contributed by atoms with Gasteiger partial charge in [0.15, 0.2) is 0 Å². The Morgan fingerprint density at radius 2 is 1.89 bits per heavy atom. The Hall–Kier alpha value is -2.00. The molecule has 2 aromatic rings. The topological polar surface area (TPSA) is 52.2 Å². The van der Waals surface area contributed by atoms with Gasteiger partial charge in [-0.05, 0) is 85.6 Å². The van der Waals surface area contributed by atoms with E-state index in [1.165, 1.54) is 42.0 Å². The third kappa shape index (κ3) is 2.51. The third-order valence-corrected chi connectivity index (χ3v) is 7.37. The van der Waals surface area contributed by atoms with Crippen LogP contribution in [-0.4, -0.2) is 5.97 Å². The summed E-state index contributed by atoms with van der Waals surface area (Å²) in [7, 11) is 0. The molecule has 0 saturated heterocycles. The van der Waals surface area contributed by atoms with Gasteiger partial charge in [0, 0.05) is 16.3 Å². The van der Waals surface area contributed by atoms with Crippen LogP contribution in [0.3, 0.4) is 0 Å². The molecule has 0 spiro atoms. The van der Waals surface area contributed by atoms with Crippen molar-refractivity contribution in [2.45, 2.75) is 45.1 Å². The molecular formula is C23H23ClNO2-. The highest BCUT2D eigenvalue weighted by molar-refractivity contribution is 6.31. The zero-order valence-corrected chi connectivity index (χ0v) is 16.3. The summed E-state index contributed by atoms with van der Waals surface area (Å²) in [5.41, 5.74) is 5.78. The summed E-state index contributed by atoms with van der Waals surface area (Å²) in [5, 5.41) is 16.0. The lowest BCUT2D eigenvalue weighted by Crippen LogP contribution is -2.37. The van der Waals surface area contributed by atoms with Gasteiger partial charge in [-0.15, -0.1) is 0 Å². The van der Waals surface area contributed by atoms with Crippen molar-refractivity contribution in [1.82, 2.24) is 0 Å². The summed E-state index contributed by atoms with van der Waals surface area (Å²) < 4.78 is 0. The summed E-state index contributed by atoms with van der Waals surface area (Å²) in [5.74, 6) is 1.02. The number of carbonyl (C=O) groups is 1. The predicted octanol–water partition coefficient (Wildman–Crippen LogP) is 4.62. The van der Waals surface area contributed by atoms with Gasteiger partial charge in [-0.2, -0.15) is 0 Å². The fourth-order valence-electron chi connectivity index (χ4n) is 6.12. The molecule has 0 unspecified atom stereocenters. The minimum absolute atomic E-state index is 0.136. The molecule has 140 valence electrons. The Morgan fingerprint density at radius 3 is 2.67 bits per heavy atom. The van der Waals surface area contributed by atoms with Gasteiger partial charge in [0.25, 0.3) is 0 Å². The number of aromatic carboxylic acids is 1. The lowest BCUT2D eigenvalue weighted by molar-refractivity contribution is -0.254. The van der Waals surface area contributed by atoms with E-state index in [0.29, 0.717) is 28.7 Å². The molecule has 0 amide bonds. The molecule has 3 aliphatic rings. The summed E-state index contributed by atoms with van der Waals surface area (Å²) in [4.78, 5) is 11.8. The molecule has 1 aliphatic heterocycles. The van der Waals surface area contributed by atoms with Crippen molar-refractivity contribution in [1.29, 1.82) is 0 Å². The van der Waals surface area contributed by atoms with Crippen molar-refractivity contribution >= 4 is 23.3 Å². The number of aryl methyl sites for hydroxylation is 2. The van der Waals surface area contributed by atoms with Crippen LogP contribution in [0.4, 0.5) is 5.69 Å². The Kier molecular flexibility index (Phi) is 3.80. The van der Waals surface area contributed by atoms with E-state index in [2.05, 4.69) is 37.4 Å². The number of benzene rings is 2. The zero-order valence-electron chi connectivity index (χ0n) is 15.6. The first-order valence-corrected chi connectivity index (χ1v) is 10.2. The standard InChI is InChI=1S/C23H24ClNO2/c1-11-3-4-12(2)16(7-11)22-20-14-6-5-13(8-14)19(20)17-9-15(24)10-18(23(26)27)21(17)25-22/h3-4,7,9-10,13-14,19-20,22,25H,5-6,8H2,1-2H3,(H,26,27)/p-1/t13-,14-,19+,20-,22-/m0/s1. The van der Waals surface area contributed by atoms with Crippen LogP contribution in [-0.2, 0) is 0 Å². The first-order valence-electron chi connectivity index (χ1n) is 9.82. The predicted molar refractivity (Wildman–Crippen MR) is 105 cm³/mol. The molecule has 0 radical (unpaired) electrons. The number of fused-ring (bicyclic) bond motifs is 7. The minimum Gasteiger partial charge on any atom is -0.545 e. The van der Waals surface area contributed by atoms with E-state index in [1.807, 2.05) is 6.07 Å². The molecule has 5 atom stereocenters. The van der Waals surface area contributed by atoms with Crippen molar-refractivity contribution < 1.29 is 9.90 Å². The summed E-state index contributed by atoms with van der Waals surface area (Å²) in [6, 6.07) is 10.2. The van der Waals surface area contributed by atoms with Crippen molar-refractivity contribution in [3.8, 4) is 0 Å². The van der Waals surface area contributed by atoms with Crippen LogP contribution < -0.4 is 10.4 Å². The second-order valence-electron chi connectivity index (χ2n) is 8.62. The molecule has 0 aromatic heterocycles. The Bertz CT molecular complexity index is 954. The van der Waals surface area contributed by atoms with E-state index >= 15 is 0 Å². The van der Waals surface area contributed by atoms with Gasteiger partial charge in [0.1, 0.15) is 0 Å². The molecule has 2 aliphatic carbocycles.